The van der Waals surface area contributed by atoms with Crippen LogP contribution >= 0.6 is 11.8 Å². The number of aliphatic imine (C=N–C) groups is 1. The molecule has 0 spiro atoms. The highest BCUT2D eigenvalue weighted by Crippen LogP contribution is 2.38. The van der Waals surface area contributed by atoms with Gasteiger partial charge in [-0.15, -0.1) is 0 Å². The van der Waals surface area contributed by atoms with Crippen molar-refractivity contribution in [1.29, 1.82) is 0 Å². The number of alkyl halides is 6. The number of amidine groups is 1. The normalized spacial score (nSPS) is 19.9. The minimum atomic E-state index is -4.96. The molecule has 13 heteroatoms. The number of likely N-dealkylation sites (tertiary alicyclic amines) is 1. The van der Waals surface area contributed by atoms with Gasteiger partial charge in [0.05, 0.1) is 28.1 Å². The fraction of sp³-hybridized carbons (Fsp3) is 0.292. The van der Waals surface area contributed by atoms with E-state index < -0.39 is 23.5 Å². The summed E-state index contributed by atoms with van der Waals surface area (Å²) >= 11 is 1.00. The fourth-order valence-electron chi connectivity index (χ4n) is 4.35. The molecule has 2 N–H and O–H groups in total. The molecule has 1 fully saturated rings. The molecule has 0 bridgehead atoms. The Hall–Kier alpha value is -3.32. The molecular weight excluding hydrogens is 520 g/mol. The third kappa shape index (κ3) is 5.37. The molecule has 5 rings (SSSR count). The van der Waals surface area contributed by atoms with Crippen molar-refractivity contribution < 1.29 is 31.1 Å². The number of fused-ring (bicyclic) bond motifs is 1. The molecule has 2 aliphatic heterocycles. The van der Waals surface area contributed by atoms with Crippen LogP contribution in [0.1, 0.15) is 28.7 Å². The number of amides is 1. The van der Waals surface area contributed by atoms with E-state index in [0.29, 0.717) is 40.8 Å². The highest BCUT2D eigenvalue weighted by Gasteiger charge is 2.38. The third-order valence-electron chi connectivity index (χ3n) is 6.09. The highest BCUT2D eigenvalue weighted by molar-refractivity contribution is 8.18. The van der Waals surface area contributed by atoms with Crippen LogP contribution in [0.25, 0.3) is 17.0 Å². The zero-order chi connectivity index (χ0) is 26.5. The minimum absolute atomic E-state index is 0.00867. The Morgan fingerprint density at radius 3 is 2.54 bits per heavy atom. The van der Waals surface area contributed by atoms with E-state index in [9.17, 15) is 31.1 Å². The molecule has 0 radical (unpaired) electrons. The Balaban J connectivity index is 1.42. The van der Waals surface area contributed by atoms with Gasteiger partial charge < -0.3 is 10.6 Å². The van der Waals surface area contributed by atoms with Crippen molar-refractivity contribution in [3.63, 3.8) is 0 Å². The monoisotopic (exact) mass is 539 g/mol. The van der Waals surface area contributed by atoms with Crippen molar-refractivity contribution in [3.8, 4) is 0 Å². The number of hydrogen-bond donors (Lipinski definition) is 1. The lowest BCUT2D eigenvalue weighted by atomic mass is 10.0. The summed E-state index contributed by atoms with van der Waals surface area (Å²) in [4.78, 5) is 18.7. The summed E-state index contributed by atoms with van der Waals surface area (Å²) < 4.78 is 80.7. The lowest BCUT2D eigenvalue weighted by Crippen LogP contribution is -2.31. The van der Waals surface area contributed by atoms with Gasteiger partial charge in [0.2, 0.25) is 0 Å². The van der Waals surface area contributed by atoms with Gasteiger partial charge in [-0.2, -0.15) is 36.4 Å². The van der Waals surface area contributed by atoms with Gasteiger partial charge >= 0.3 is 17.6 Å². The summed E-state index contributed by atoms with van der Waals surface area (Å²) in [6.45, 7) is 0.926. The van der Waals surface area contributed by atoms with Gasteiger partial charge in [0.25, 0.3) is 0 Å². The largest absolute Gasteiger partial charge is 0.416 e. The molecule has 6 nitrogen and oxygen atoms in total. The van der Waals surface area contributed by atoms with Crippen LogP contribution < -0.4 is 5.73 Å². The van der Waals surface area contributed by atoms with E-state index in [4.69, 9.17) is 5.73 Å². The lowest BCUT2D eigenvalue weighted by molar-refractivity contribution is -0.143. The minimum Gasteiger partial charge on any atom is -0.354 e. The first-order chi connectivity index (χ1) is 17.4. The Kier molecular flexibility index (Phi) is 6.31. The first-order valence-electron chi connectivity index (χ1n) is 11.1. The van der Waals surface area contributed by atoms with Crippen molar-refractivity contribution >= 4 is 39.8 Å². The molecule has 1 atom stereocenters. The molecule has 1 amide bonds. The molecule has 1 aromatic heterocycles. The van der Waals surface area contributed by atoms with Gasteiger partial charge in [-0.1, -0.05) is 12.1 Å². The van der Waals surface area contributed by atoms with Crippen molar-refractivity contribution in [2.45, 2.75) is 31.4 Å². The summed E-state index contributed by atoms with van der Waals surface area (Å²) in [5, 5.41) is 4.57. The molecule has 3 aromatic rings. The zero-order valence-electron chi connectivity index (χ0n) is 19.0. The number of nitrogens with zero attached hydrogens (tertiary/aromatic N) is 4. The molecule has 0 aliphatic carbocycles. The summed E-state index contributed by atoms with van der Waals surface area (Å²) in [6, 6.07) is 6.78. The van der Waals surface area contributed by atoms with Crippen molar-refractivity contribution in [2.24, 2.45) is 10.7 Å². The summed E-state index contributed by atoms with van der Waals surface area (Å²) in [6.07, 6.45) is -5.73. The Labute approximate surface area is 210 Å². The molecule has 2 aliphatic rings. The second kappa shape index (κ2) is 9.21. The molecule has 0 unspecified atom stereocenters. The number of thioether (sulfide) groups is 1. The lowest BCUT2D eigenvalue weighted by Gasteiger charge is -2.17. The average molecular weight is 540 g/mol. The maximum Gasteiger partial charge on any atom is 0.416 e. The quantitative estimate of drug-likeness (QED) is 0.429. The van der Waals surface area contributed by atoms with Crippen LogP contribution in [0, 0.1) is 0 Å². The van der Waals surface area contributed by atoms with Crippen LogP contribution in [0.2, 0.25) is 0 Å². The molecule has 2 aromatic carbocycles. The predicted octanol–water partition coefficient (Wildman–Crippen LogP) is 5.76. The first-order valence-corrected chi connectivity index (χ1v) is 12.0. The average Bonchev–Trinajstić information content (AvgIpc) is 3.50. The number of hydrogen-bond acceptors (Lipinski definition) is 5. The molecule has 37 heavy (non-hydrogen) atoms. The first kappa shape index (κ1) is 25.3. The van der Waals surface area contributed by atoms with Gasteiger partial charge in [-0.25, -0.2) is 0 Å². The summed E-state index contributed by atoms with van der Waals surface area (Å²) in [5.74, 6) is 0.570. The zero-order valence-corrected chi connectivity index (χ0v) is 19.8. The van der Waals surface area contributed by atoms with E-state index in [0.717, 1.165) is 29.8 Å². The molecule has 1 saturated heterocycles. The Morgan fingerprint density at radius 2 is 1.86 bits per heavy atom. The van der Waals surface area contributed by atoms with E-state index in [1.54, 1.807) is 24.3 Å². The van der Waals surface area contributed by atoms with Gasteiger partial charge in [-0.05, 0) is 59.7 Å². The summed E-state index contributed by atoms with van der Waals surface area (Å²) in [5.41, 5.74) is 4.14. The van der Waals surface area contributed by atoms with E-state index in [2.05, 4.69) is 10.1 Å². The number of carbonyl (C=O) groups excluding carboxylic acids is 1. The topological polar surface area (TPSA) is 76.5 Å². The van der Waals surface area contributed by atoms with Gasteiger partial charge in [-0.3, -0.25) is 9.48 Å². The number of carbonyl (C=O) groups is 1. The van der Waals surface area contributed by atoms with Crippen LogP contribution in [0.4, 0.5) is 31.1 Å². The maximum absolute atomic E-state index is 13.5. The molecular formula is C24H19F6N5OS. The van der Waals surface area contributed by atoms with Crippen molar-refractivity contribution in [1.82, 2.24) is 14.7 Å². The smallest absolute Gasteiger partial charge is 0.354 e. The van der Waals surface area contributed by atoms with Crippen LogP contribution in [0.5, 0.6) is 0 Å². The van der Waals surface area contributed by atoms with E-state index in [1.165, 1.54) is 10.9 Å². The van der Waals surface area contributed by atoms with E-state index >= 15 is 0 Å². The SMILES string of the molecule is N[C@@H]1CCN(C2=NC(=O)S/C2=C\c2ccc3nn(Cc4ccc(C(F)(F)F)cc4C(F)(F)F)cc3c2)C1. The summed E-state index contributed by atoms with van der Waals surface area (Å²) in [7, 11) is 0. The molecule has 194 valence electrons. The fourth-order valence-corrected chi connectivity index (χ4v) is 5.13. The van der Waals surface area contributed by atoms with Gasteiger partial charge in [0, 0.05) is 30.7 Å². The Bertz CT molecular complexity index is 1440. The van der Waals surface area contributed by atoms with Crippen LogP contribution in [0.15, 0.2) is 52.5 Å². The van der Waals surface area contributed by atoms with Crippen LogP contribution in [-0.4, -0.2) is 44.9 Å². The van der Waals surface area contributed by atoms with E-state index in [-0.39, 0.29) is 29.5 Å². The van der Waals surface area contributed by atoms with Crippen molar-refractivity contribution in [2.75, 3.05) is 13.1 Å². The maximum atomic E-state index is 13.5. The molecule has 3 heterocycles. The number of halogens is 6. The number of rotatable bonds is 3. The second-order valence-electron chi connectivity index (χ2n) is 8.82. The molecule has 0 saturated carbocycles. The number of benzene rings is 2. The number of nitrogens with two attached hydrogens (primary N) is 1. The highest BCUT2D eigenvalue weighted by atomic mass is 32.2. The third-order valence-corrected chi connectivity index (χ3v) is 6.87. The van der Waals surface area contributed by atoms with E-state index in [1.807, 2.05) is 4.90 Å². The standard InChI is InChI=1S/C24H19F6N5OS/c25-23(26,27)16-3-2-14(18(9-16)24(28,29)30)10-35-11-15-7-13(1-4-19(15)33-35)8-20-21(32-22(36)37-20)34-6-5-17(31)12-34/h1-4,7-9,11,17H,5-6,10,12,31H2/b20-8-/t17-/m1/s1. The van der Waals surface area contributed by atoms with Gasteiger partial charge in [0.1, 0.15) is 5.84 Å². The second-order valence-corrected chi connectivity index (χ2v) is 9.81. The number of aromatic nitrogens is 2. The van der Waals surface area contributed by atoms with Gasteiger partial charge in [0.15, 0.2) is 0 Å². The van der Waals surface area contributed by atoms with Crippen LogP contribution in [0.3, 0.4) is 0 Å². The van der Waals surface area contributed by atoms with Crippen molar-refractivity contribution in [3.05, 3.63) is 69.8 Å². The van der Waals surface area contributed by atoms with Crippen LogP contribution in [-0.2, 0) is 18.9 Å². The Morgan fingerprint density at radius 1 is 1.08 bits per heavy atom. The predicted molar refractivity (Wildman–Crippen MR) is 128 cm³/mol.